The van der Waals surface area contributed by atoms with Crippen molar-refractivity contribution in [2.45, 2.75) is 51.7 Å². The number of aryl methyl sites for hydroxylation is 1. The van der Waals surface area contributed by atoms with Crippen molar-refractivity contribution in [2.75, 3.05) is 7.11 Å². The fourth-order valence-electron chi connectivity index (χ4n) is 3.38. The van der Waals surface area contributed by atoms with Gasteiger partial charge in [0.2, 0.25) is 0 Å². The summed E-state index contributed by atoms with van der Waals surface area (Å²) in [6.45, 7) is 4.09. The van der Waals surface area contributed by atoms with E-state index in [0.717, 1.165) is 30.6 Å². The van der Waals surface area contributed by atoms with Gasteiger partial charge in [0, 0.05) is 38.6 Å². The van der Waals surface area contributed by atoms with Crippen LogP contribution < -0.4 is 5.32 Å². The van der Waals surface area contributed by atoms with Gasteiger partial charge in [-0.3, -0.25) is 0 Å². The molecule has 7 nitrogen and oxygen atoms in total. The minimum absolute atomic E-state index is 0.119. The topological polar surface area (TPSA) is 77.1 Å². The molecule has 0 amide bonds. The van der Waals surface area contributed by atoms with E-state index in [9.17, 15) is 5.11 Å². The van der Waals surface area contributed by atoms with Gasteiger partial charge in [-0.05, 0) is 31.2 Å². The van der Waals surface area contributed by atoms with Gasteiger partial charge in [0.25, 0.3) is 0 Å². The zero-order valence-corrected chi connectivity index (χ0v) is 13.7. The molecule has 3 atom stereocenters. The van der Waals surface area contributed by atoms with Crippen LogP contribution in [0.15, 0.2) is 24.9 Å². The van der Waals surface area contributed by atoms with Crippen molar-refractivity contribution in [3.8, 4) is 0 Å². The molecule has 7 heteroatoms. The van der Waals surface area contributed by atoms with Crippen LogP contribution >= 0.6 is 0 Å². The molecule has 0 radical (unpaired) electrons. The minimum atomic E-state index is -0.303. The molecule has 1 fully saturated rings. The van der Waals surface area contributed by atoms with Crippen LogP contribution in [0, 0.1) is 12.8 Å². The monoisotopic (exact) mass is 319 g/mol. The van der Waals surface area contributed by atoms with Crippen molar-refractivity contribution < 1.29 is 9.84 Å². The van der Waals surface area contributed by atoms with E-state index in [1.165, 1.54) is 0 Å². The molecule has 1 aliphatic rings. The van der Waals surface area contributed by atoms with Crippen LogP contribution in [0.5, 0.6) is 0 Å². The normalized spacial score (nSPS) is 24.4. The number of hydrogen-bond donors (Lipinski definition) is 2. The van der Waals surface area contributed by atoms with Crippen molar-refractivity contribution >= 4 is 0 Å². The lowest BCUT2D eigenvalue weighted by Crippen LogP contribution is -2.36. The molecule has 0 aromatic carbocycles. The quantitative estimate of drug-likeness (QED) is 0.793. The number of nitrogens with one attached hydrogen (secondary N) is 1. The fraction of sp³-hybridized carbons (Fsp3) is 0.625. The molecule has 2 aromatic rings. The number of hydrogen-bond acceptors (Lipinski definition) is 5. The van der Waals surface area contributed by atoms with Crippen LogP contribution in [-0.4, -0.2) is 43.7 Å². The first-order valence-corrected chi connectivity index (χ1v) is 8.04. The molecule has 1 saturated carbocycles. The number of aromatic nitrogens is 4. The molecule has 1 unspecified atom stereocenters. The highest BCUT2D eigenvalue weighted by Crippen LogP contribution is 2.28. The molecule has 2 heterocycles. The molecule has 23 heavy (non-hydrogen) atoms. The SMILES string of the molecule is COCn1ncc(C)c1CN[C@@H]1CC(Cn2ccnc2)C[C@H]1O. The number of rotatable bonds is 7. The second kappa shape index (κ2) is 7.25. The first kappa shape index (κ1) is 16.2. The van der Waals surface area contributed by atoms with Crippen LogP contribution in [0.1, 0.15) is 24.1 Å². The summed E-state index contributed by atoms with van der Waals surface area (Å²) in [4.78, 5) is 4.07. The number of imidazole rings is 1. The van der Waals surface area contributed by atoms with E-state index in [0.29, 0.717) is 19.2 Å². The van der Waals surface area contributed by atoms with Crippen molar-refractivity contribution in [3.63, 3.8) is 0 Å². The Morgan fingerprint density at radius 1 is 1.43 bits per heavy atom. The molecular formula is C16H25N5O2. The van der Waals surface area contributed by atoms with Gasteiger partial charge in [-0.15, -0.1) is 0 Å². The van der Waals surface area contributed by atoms with Gasteiger partial charge < -0.3 is 19.7 Å². The van der Waals surface area contributed by atoms with Crippen molar-refractivity contribution in [2.24, 2.45) is 5.92 Å². The summed E-state index contributed by atoms with van der Waals surface area (Å²) in [7, 11) is 1.66. The van der Waals surface area contributed by atoms with Crippen molar-refractivity contribution in [1.29, 1.82) is 0 Å². The number of aliphatic hydroxyl groups excluding tert-OH is 1. The molecule has 0 spiro atoms. The lowest BCUT2D eigenvalue weighted by molar-refractivity contribution is 0.116. The standard InChI is InChI=1S/C16H25N5O2/c1-12-7-19-21(11-23-2)15(12)8-18-14-5-13(6-16(14)22)9-20-4-3-17-10-20/h3-4,7,10,13-14,16,18,22H,5-6,8-9,11H2,1-2H3/t13?,14-,16-/m1/s1. The van der Waals surface area contributed by atoms with Crippen LogP contribution in [-0.2, 0) is 24.6 Å². The molecule has 3 rings (SSSR count). The summed E-state index contributed by atoms with van der Waals surface area (Å²) in [5, 5.41) is 18.1. The lowest BCUT2D eigenvalue weighted by Gasteiger charge is -2.17. The lowest BCUT2D eigenvalue weighted by atomic mass is 10.1. The van der Waals surface area contributed by atoms with Gasteiger partial charge >= 0.3 is 0 Å². The first-order valence-electron chi connectivity index (χ1n) is 8.04. The van der Waals surface area contributed by atoms with Gasteiger partial charge in [0.1, 0.15) is 6.73 Å². The van der Waals surface area contributed by atoms with Gasteiger partial charge in [0.15, 0.2) is 0 Å². The zero-order chi connectivity index (χ0) is 16.2. The second-order valence-corrected chi connectivity index (χ2v) is 6.34. The van der Waals surface area contributed by atoms with Crippen LogP contribution in [0.25, 0.3) is 0 Å². The number of aliphatic hydroxyl groups is 1. The number of ether oxygens (including phenoxy) is 1. The Bertz CT molecular complexity index is 610. The Kier molecular flexibility index (Phi) is 5.09. The average molecular weight is 319 g/mol. The van der Waals surface area contributed by atoms with Gasteiger partial charge in [-0.1, -0.05) is 0 Å². The first-order chi connectivity index (χ1) is 11.2. The third-order valence-electron chi connectivity index (χ3n) is 4.60. The van der Waals surface area contributed by atoms with E-state index >= 15 is 0 Å². The minimum Gasteiger partial charge on any atom is -0.391 e. The maximum Gasteiger partial charge on any atom is 0.139 e. The number of nitrogens with zero attached hydrogens (tertiary/aromatic N) is 4. The maximum atomic E-state index is 10.3. The highest BCUT2D eigenvalue weighted by molar-refractivity contribution is 5.15. The van der Waals surface area contributed by atoms with Crippen molar-refractivity contribution in [3.05, 3.63) is 36.2 Å². The average Bonchev–Trinajstić information content (AvgIpc) is 3.22. The predicted octanol–water partition coefficient (Wildman–Crippen LogP) is 0.921. The van der Waals surface area contributed by atoms with Gasteiger partial charge in [-0.2, -0.15) is 5.10 Å². The molecule has 0 aliphatic heterocycles. The van der Waals surface area contributed by atoms with Crippen LogP contribution in [0.2, 0.25) is 0 Å². The molecule has 0 bridgehead atoms. The summed E-state index contributed by atoms with van der Waals surface area (Å²) < 4.78 is 9.10. The molecule has 1 aliphatic carbocycles. The zero-order valence-electron chi connectivity index (χ0n) is 13.7. The largest absolute Gasteiger partial charge is 0.391 e. The molecule has 2 aromatic heterocycles. The second-order valence-electron chi connectivity index (χ2n) is 6.34. The molecular weight excluding hydrogens is 294 g/mol. The molecule has 126 valence electrons. The Labute approximate surface area is 136 Å². The smallest absolute Gasteiger partial charge is 0.139 e. The third-order valence-corrected chi connectivity index (χ3v) is 4.60. The summed E-state index contributed by atoms with van der Waals surface area (Å²) in [6.07, 6.45) is 8.94. The summed E-state index contributed by atoms with van der Waals surface area (Å²) in [5.74, 6) is 0.474. The van der Waals surface area contributed by atoms with E-state index in [2.05, 4.69) is 20.0 Å². The highest BCUT2D eigenvalue weighted by Gasteiger charge is 2.32. The summed E-state index contributed by atoms with van der Waals surface area (Å²) >= 11 is 0. The van der Waals surface area contributed by atoms with Crippen LogP contribution in [0.3, 0.4) is 0 Å². The van der Waals surface area contributed by atoms with Crippen LogP contribution in [0.4, 0.5) is 0 Å². The van der Waals surface area contributed by atoms with E-state index in [-0.39, 0.29) is 12.1 Å². The van der Waals surface area contributed by atoms with E-state index in [1.54, 1.807) is 13.3 Å². The van der Waals surface area contributed by atoms with E-state index < -0.39 is 0 Å². The molecule has 2 N–H and O–H groups in total. The number of methoxy groups -OCH3 is 1. The molecule has 0 saturated heterocycles. The van der Waals surface area contributed by atoms with Gasteiger partial charge in [0.05, 0.1) is 24.3 Å². The fourth-order valence-corrected chi connectivity index (χ4v) is 3.38. The predicted molar refractivity (Wildman–Crippen MR) is 85.6 cm³/mol. The van der Waals surface area contributed by atoms with Crippen molar-refractivity contribution in [1.82, 2.24) is 24.6 Å². The summed E-state index contributed by atoms with van der Waals surface area (Å²) in [5.41, 5.74) is 2.24. The summed E-state index contributed by atoms with van der Waals surface area (Å²) in [6, 6.07) is 0.119. The Morgan fingerprint density at radius 3 is 3.04 bits per heavy atom. The Hall–Kier alpha value is -1.70. The van der Waals surface area contributed by atoms with E-state index in [4.69, 9.17) is 4.74 Å². The maximum absolute atomic E-state index is 10.3. The highest BCUT2D eigenvalue weighted by atomic mass is 16.5. The Morgan fingerprint density at radius 2 is 2.30 bits per heavy atom. The van der Waals surface area contributed by atoms with E-state index in [1.807, 2.05) is 30.3 Å². The Balaban J connectivity index is 1.55. The van der Waals surface area contributed by atoms with Gasteiger partial charge in [-0.25, -0.2) is 9.67 Å². The third kappa shape index (κ3) is 3.80.